The van der Waals surface area contributed by atoms with E-state index in [0.29, 0.717) is 11.1 Å². The molecule has 0 aliphatic carbocycles. The molecule has 1 N–H and O–H groups in total. The molecule has 1 fully saturated rings. The van der Waals surface area contributed by atoms with Crippen LogP contribution in [0.3, 0.4) is 0 Å². The second kappa shape index (κ2) is 11.2. The van der Waals surface area contributed by atoms with Gasteiger partial charge in [0, 0.05) is 37.8 Å². The maximum Gasteiger partial charge on any atom is 0.163 e. The Hall–Kier alpha value is -0.420. The van der Waals surface area contributed by atoms with Crippen LogP contribution in [0.2, 0.25) is 0 Å². The van der Waals surface area contributed by atoms with Gasteiger partial charge in [-0.25, -0.2) is 8.78 Å². The van der Waals surface area contributed by atoms with Crippen molar-refractivity contribution in [2.45, 2.75) is 45.6 Å². The van der Waals surface area contributed by atoms with E-state index in [9.17, 15) is 8.78 Å². The topological polar surface area (TPSA) is 15.3 Å². The molecule has 0 radical (unpaired) electrons. The van der Waals surface area contributed by atoms with E-state index in [2.05, 4.69) is 17.1 Å². The molecule has 0 saturated carbocycles. The van der Waals surface area contributed by atoms with E-state index in [1.807, 2.05) is 0 Å². The van der Waals surface area contributed by atoms with Gasteiger partial charge in [-0.1, -0.05) is 38.3 Å². The highest BCUT2D eigenvalue weighted by Gasteiger charge is 2.26. The number of hydrogen-bond donors (Lipinski definition) is 1. The molecule has 1 saturated heterocycles. The molecule has 1 aromatic carbocycles. The summed E-state index contributed by atoms with van der Waals surface area (Å²) in [7, 11) is 0. The molecule has 1 aliphatic rings. The van der Waals surface area contributed by atoms with Gasteiger partial charge in [-0.15, -0.1) is 24.8 Å². The van der Waals surface area contributed by atoms with E-state index in [1.54, 1.807) is 19.1 Å². The Balaban J connectivity index is 0.00000242. The third-order valence-electron chi connectivity index (χ3n) is 4.34. The monoisotopic (exact) mass is 368 g/mol. The van der Waals surface area contributed by atoms with E-state index in [4.69, 9.17) is 0 Å². The maximum absolute atomic E-state index is 14.4. The second-order valence-corrected chi connectivity index (χ2v) is 5.90. The Morgan fingerprint density at radius 3 is 2.35 bits per heavy atom. The summed E-state index contributed by atoms with van der Waals surface area (Å²) >= 11 is 0. The van der Waals surface area contributed by atoms with Crippen molar-refractivity contribution in [3.05, 3.63) is 34.9 Å². The Morgan fingerprint density at radius 2 is 1.74 bits per heavy atom. The van der Waals surface area contributed by atoms with Gasteiger partial charge in [0.25, 0.3) is 0 Å². The zero-order valence-corrected chi connectivity index (χ0v) is 15.5. The average molecular weight is 369 g/mol. The second-order valence-electron chi connectivity index (χ2n) is 5.90. The molecular weight excluding hydrogens is 341 g/mol. The van der Waals surface area contributed by atoms with Crippen molar-refractivity contribution >= 4 is 24.8 Å². The van der Waals surface area contributed by atoms with Gasteiger partial charge in [0.15, 0.2) is 11.6 Å². The summed E-state index contributed by atoms with van der Waals surface area (Å²) in [6.45, 7) is 7.39. The van der Waals surface area contributed by atoms with Gasteiger partial charge in [0.05, 0.1) is 0 Å². The minimum Gasteiger partial charge on any atom is -0.314 e. The average Bonchev–Trinajstić information content (AvgIpc) is 2.51. The van der Waals surface area contributed by atoms with Crippen LogP contribution in [-0.2, 0) is 0 Å². The van der Waals surface area contributed by atoms with Crippen LogP contribution in [0.15, 0.2) is 12.1 Å². The van der Waals surface area contributed by atoms with Crippen LogP contribution >= 0.6 is 24.8 Å². The van der Waals surface area contributed by atoms with E-state index in [-0.39, 0.29) is 30.9 Å². The normalized spacial score (nSPS) is 16.3. The first kappa shape index (κ1) is 22.6. The summed E-state index contributed by atoms with van der Waals surface area (Å²) in [6, 6.07) is 3.46. The molecule has 134 valence electrons. The number of benzene rings is 1. The van der Waals surface area contributed by atoms with Gasteiger partial charge in [-0.3, -0.25) is 4.90 Å². The number of rotatable bonds is 6. The summed E-state index contributed by atoms with van der Waals surface area (Å²) < 4.78 is 28.3. The molecule has 0 spiro atoms. The van der Waals surface area contributed by atoms with Crippen molar-refractivity contribution in [1.82, 2.24) is 10.2 Å². The van der Waals surface area contributed by atoms with Gasteiger partial charge in [0.2, 0.25) is 0 Å². The van der Waals surface area contributed by atoms with Gasteiger partial charge in [-0.05, 0) is 18.9 Å². The summed E-state index contributed by atoms with van der Waals surface area (Å²) in [5.41, 5.74) is 0.903. The Kier molecular flexibility index (Phi) is 11.0. The lowest BCUT2D eigenvalue weighted by molar-refractivity contribution is 0.159. The van der Waals surface area contributed by atoms with Crippen LogP contribution in [-0.4, -0.2) is 31.1 Å². The fraction of sp³-hybridized carbons (Fsp3) is 0.647. The number of hydrogen-bond acceptors (Lipinski definition) is 2. The number of aryl methyl sites for hydroxylation is 1. The summed E-state index contributed by atoms with van der Waals surface area (Å²) in [4.78, 5) is 2.29. The first-order valence-electron chi connectivity index (χ1n) is 8.04. The standard InChI is InChI=1S/C17H26F2N2.2ClH/c1-3-4-5-6-15(21-11-9-20-10-12-21)14-8-7-13(2)16(18)17(14)19;;/h7-8,15,20H,3-6,9-12H2,1-2H3;2*1H/t15-;;/m0../s1. The smallest absolute Gasteiger partial charge is 0.163 e. The van der Waals surface area contributed by atoms with Gasteiger partial charge >= 0.3 is 0 Å². The lowest BCUT2D eigenvalue weighted by Gasteiger charge is -2.35. The van der Waals surface area contributed by atoms with Crippen molar-refractivity contribution in [3.63, 3.8) is 0 Å². The molecule has 2 nitrogen and oxygen atoms in total. The Morgan fingerprint density at radius 1 is 1.09 bits per heavy atom. The highest BCUT2D eigenvalue weighted by molar-refractivity contribution is 5.85. The SMILES string of the molecule is CCCCC[C@@H](c1ccc(C)c(F)c1F)N1CCNCC1.Cl.Cl. The molecule has 6 heteroatoms. The van der Waals surface area contributed by atoms with Crippen molar-refractivity contribution in [1.29, 1.82) is 0 Å². The van der Waals surface area contributed by atoms with Crippen molar-refractivity contribution in [3.8, 4) is 0 Å². The van der Waals surface area contributed by atoms with E-state index < -0.39 is 11.6 Å². The van der Waals surface area contributed by atoms with Crippen molar-refractivity contribution in [2.75, 3.05) is 26.2 Å². The Labute approximate surface area is 150 Å². The van der Waals surface area contributed by atoms with Gasteiger partial charge in [0.1, 0.15) is 0 Å². The molecular formula is C17H28Cl2F2N2. The fourth-order valence-electron chi connectivity index (χ4n) is 3.03. The predicted molar refractivity (Wildman–Crippen MR) is 96.9 cm³/mol. The molecule has 1 heterocycles. The van der Waals surface area contributed by atoms with Gasteiger partial charge < -0.3 is 5.32 Å². The zero-order chi connectivity index (χ0) is 15.2. The first-order valence-corrected chi connectivity index (χ1v) is 8.04. The molecule has 1 aromatic rings. The third kappa shape index (κ3) is 5.86. The molecule has 1 atom stereocenters. The van der Waals surface area contributed by atoms with Crippen molar-refractivity contribution < 1.29 is 8.78 Å². The van der Waals surface area contributed by atoms with E-state index in [0.717, 1.165) is 51.9 Å². The molecule has 23 heavy (non-hydrogen) atoms. The predicted octanol–water partition coefficient (Wildman–Crippen LogP) is 4.64. The van der Waals surface area contributed by atoms with Crippen LogP contribution in [0, 0.1) is 18.6 Å². The van der Waals surface area contributed by atoms with E-state index in [1.165, 1.54) is 0 Å². The van der Waals surface area contributed by atoms with E-state index >= 15 is 0 Å². The summed E-state index contributed by atoms with van der Waals surface area (Å²) in [6.07, 6.45) is 4.23. The zero-order valence-electron chi connectivity index (χ0n) is 13.9. The lowest BCUT2D eigenvalue weighted by Crippen LogP contribution is -2.45. The van der Waals surface area contributed by atoms with Crippen LogP contribution in [0.4, 0.5) is 8.78 Å². The highest BCUT2D eigenvalue weighted by atomic mass is 35.5. The molecule has 0 aromatic heterocycles. The van der Waals surface area contributed by atoms with Gasteiger partial charge in [-0.2, -0.15) is 0 Å². The minimum atomic E-state index is -0.692. The highest BCUT2D eigenvalue weighted by Crippen LogP contribution is 2.30. The number of nitrogens with zero attached hydrogens (tertiary/aromatic N) is 1. The van der Waals surface area contributed by atoms with Crippen molar-refractivity contribution in [2.24, 2.45) is 0 Å². The number of nitrogens with one attached hydrogen (secondary N) is 1. The first-order chi connectivity index (χ1) is 10.1. The molecule has 0 bridgehead atoms. The number of halogens is 4. The molecule has 0 amide bonds. The molecule has 0 unspecified atom stereocenters. The Bertz CT molecular complexity index is 466. The fourth-order valence-corrected chi connectivity index (χ4v) is 3.03. The quantitative estimate of drug-likeness (QED) is 0.735. The minimum absolute atomic E-state index is 0. The molecule has 2 rings (SSSR count). The van der Waals surface area contributed by atoms with Crippen LogP contribution < -0.4 is 5.32 Å². The third-order valence-corrected chi connectivity index (χ3v) is 4.34. The lowest BCUT2D eigenvalue weighted by atomic mass is 9.96. The maximum atomic E-state index is 14.4. The van der Waals surface area contributed by atoms with Crippen LogP contribution in [0.1, 0.15) is 49.8 Å². The largest absolute Gasteiger partial charge is 0.314 e. The molecule has 1 aliphatic heterocycles. The summed E-state index contributed by atoms with van der Waals surface area (Å²) in [5.74, 6) is -1.35. The van der Waals surface area contributed by atoms with Crippen LogP contribution in [0.5, 0.6) is 0 Å². The summed E-state index contributed by atoms with van der Waals surface area (Å²) in [5, 5.41) is 3.31. The number of unbranched alkanes of at least 4 members (excludes halogenated alkanes) is 2. The van der Waals surface area contributed by atoms with Crippen LogP contribution in [0.25, 0.3) is 0 Å². The number of piperazine rings is 1.